The summed E-state index contributed by atoms with van der Waals surface area (Å²) < 4.78 is 13.4. The summed E-state index contributed by atoms with van der Waals surface area (Å²) in [7, 11) is 0. The first kappa shape index (κ1) is 16.7. The van der Waals surface area contributed by atoms with Crippen LogP contribution in [-0.4, -0.2) is 30.4 Å². The Labute approximate surface area is 169 Å². The van der Waals surface area contributed by atoms with E-state index in [-0.39, 0.29) is 5.82 Å². The van der Waals surface area contributed by atoms with E-state index < -0.39 is 0 Å². The van der Waals surface area contributed by atoms with E-state index in [1.54, 1.807) is 18.3 Å². The maximum atomic E-state index is 13.4. The quantitative estimate of drug-likeness (QED) is 0.381. The molecule has 0 atom stereocenters. The van der Waals surface area contributed by atoms with Gasteiger partial charge in [-0.1, -0.05) is 24.3 Å². The Bertz CT molecular complexity index is 1490. The summed E-state index contributed by atoms with van der Waals surface area (Å²) in [5.41, 5.74) is 7.95. The SMILES string of the molecule is Fc1ccc(-c2cccc3[nH]c(-c4n[nH]c5ccc(-c6cn[nH]c6)nc45)cc23)cc1. The van der Waals surface area contributed by atoms with Crippen LogP contribution in [0.25, 0.3) is 55.7 Å². The maximum absolute atomic E-state index is 13.4. The number of halogens is 1. The molecule has 6 nitrogen and oxygen atoms in total. The number of aromatic amines is 3. The zero-order valence-electron chi connectivity index (χ0n) is 15.6. The van der Waals surface area contributed by atoms with E-state index in [4.69, 9.17) is 4.98 Å². The van der Waals surface area contributed by atoms with Crippen LogP contribution < -0.4 is 0 Å². The Morgan fingerprint density at radius 1 is 0.867 bits per heavy atom. The maximum Gasteiger partial charge on any atom is 0.135 e. The number of benzene rings is 2. The summed E-state index contributed by atoms with van der Waals surface area (Å²) in [5.74, 6) is -0.247. The summed E-state index contributed by atoms with van der Waals surface area (Å²) in [6, 6.07) is 18.5. The van der Waals surface area contributed by atoms with E-state index in [2.05, 4.69) is 31.4 Å². The lowest BCUT2D eigenvalue weighted by molar-refractivity contribution is 0.628. The normalized spacial score (nSPS) is 11.5. The molecule has 0 saturated carbocycles. The highest BCUT2D eigenvalue weighted by atomic mass is 19.1. The fraction of sp³-hybridized carbons (Fsp3) is 0. The summed E-state index contributed by atoms with van der Waals surface area (Å²) in [6.07, 6.45) is 3.55. The first-order valence-electron chi connectivity index (χ1n) is 9.48. The van der Waals surface area contributed by atoms with E-state index in [0.29, 0.717) is 0 Å². The largest absolute Gasteiger partial charge is 0.353 e. The van der Waals surface area contributed by atoms with Gasteiger partial charge in [0, 0.05) is 22.7 Å². The van der Waals surface area contributed by atoms with Gasteiger partial charge in [-0.15, -0.1) is 0 Å². The number of hydrogen-bond acceptors (Lipinski definition) is 3. The highest BCUT2D eigenvalue weighted by Crippen LogP contribution is 2.34. The minimum Gasteiger partial charge on any atom is -0.353 e. The van der Waals surface area contributed by atoms with Gasteiger partial charge in [0.05, 0.1) is 23.1 Å². The van der Waals surface area contributed by atoms with Crippen molar-refractivity contribution in [1.29, 1.82) is 0 Å². The molecule has 30 heavy (non-hydrogen) atoms. The first-order valence-corrected chi connectivity index (χ1v) is 9.48. The number of nitrogens with one attached hydrogen (secondary N) is 3. The Morgan fingerprint density at radius 3 is 2.60 bits per heavy atom. The lowest BCUT2D eigenvalue weighted by atomic mass is 10.0. The summed E-state index contributed by atoms with van der Waals surface area (Å²) in [5, 5.41) is 15.4. The Kier molecular flexibility index (Phi) is 3.55. The average Bonchev–Trinajstić information content (AvgIpc) is 3.52. The molecule has 0 spiro atoms. The molecule has 6 rings (SSSR count). The lowest BCUT2D eigenvalue weighted by Crippen LogP contribution is -1.84. The van der Waals surface area contributed by atoms with Crippen molar-refractivity contribution < 1.29 is 4.39 Å². The van der Waals surface area contributed by atoms with Crippen molar-refractivity contribution in [2.75, 3.05) is 0 Å². The van der Waals surface area contributed by atoms with E-state index in [9.17, 15) is 4.39 Å². The van der Waals surface area contributed by atoms with Gasteiger partial charge in [-0.3, -0.25) is 10.2 Å². The molecule has 4 aromatic heterocycles. The van der Waals surface area contributed by atoms with Crippen LogP contribution in [0.2, 0.25) is 0 Å². The number of aromatic nitrogens is 6. The van der Waals surface area contributed by atoms with E-state index >= 15 is 0 Å². The molecule has 2 aromatic carbocycles. The molecule has 144 valence electrons. The number of pyridine rings is 1. The molecule has 3 N–H and O–H groups in total. The van der Waals surface area contributed by atoms with Crippen molar-refractivity contribution in [1.82, 2.24) is 30.4 Å². The second-order valence-electron chi connectivity index (χ2n) is 7.11. The van der Waals surface area contributed by atoms with Crippen LogP contribution in [0.4, 0.5) is 4.39 Å². The van der Waals surface area contributed by atoms with Crippen molar-refractivity contribution >= 4 is 21.9 Å². The molecule has 0 aliphatic rings. The highest BCUT2D eigenvalue weighted by molar-refractivity contribution is 6.00. The van der Waals surface area contributed by atoms with E-state index in [1.165, 1.54) is 12.1 Å². The minimum absolute atomic E-state index is 0.247. The van der Waals surface area contributed by atoms with Crippen molar-refractivity contribution in [3.63, 3.8) is 0 Å². The van der Waals surface area contributed by atoms with Crippen LogP contribution in [0, 0.1) is 5.82 Å². The van der Waals surface area contributed by atoms with Gasteiger partial charge in [-0.05, 0) is 47.5 Å². The summed E-state index contributed by atoms with van der Waals surface area (Å²) in [4.78, 5) is 8.25. The van der Waals surface area contributed by atoms with Gasteiger partial charge in [-0.2, -0.15) is 10.2 Å². The van der Waals surface area contributed by atoms with Crippen LogP contribution in [0.1, 0.15) is 0 Å². The predicted octanol–water partition coefficient (Wildman–Crippen LogP) is 5.30. The molecule has 4 heterocycles. The second-order valence-corrected chi connectivity index (χ2v) is 7.11. The van der Waals surface area contributed by atoms with E-state index in [1.807, 2.05) is 36.5 Å². The summed E-state index contributed by atoms with van der Waals surface area (Å²) >= 11 is 0. The zero-order valence-corrected chi connectivity index (χ0v) is 15.6. The smallest absolute Gasteiger partial charge is 0.135 e. The highest BCUT2D eigenvalue weighted by Gasteiger charge is 2.15. The van der Waals surface area contributed by atoms with Crippen LogP contribution in [-0.2, 0) is 0 Å². The Hall–Kier alpha value is -4.26. The van der Waals surface area contributed by atoms with Gasteiger partial charge >= 0.3 is 0 Å². The van der Waals surface area contributed by atoms with Gasteiger partial charge < -0.3 is 4.98 Å². The fourth-order valence-corrected chi connectivity index (χ4v) is 3.80. The van der Waals surface area contributed by atoms with Crippen molar-refractivity contribution in [3.05, 3.63) is 78.9 Å². The third-order valence-electron chi connectivity index (χ3n) is 5.28. The molecule has 0 amide bonds. The average molecular weight is 394 g/mol. The molecular weight excluding hydrogens is 379 g/mol. The lowest BCUT2D eigenvalue weighted by Gasteiger charge is -2.03. The fourth-order valence-electron chi connectivity index (χ4n) is 3.80. The number of H-pyrrole nitrogens is 3. The Morgan fingerprint density at radius 2 is 1.77 bits per heavy atom. The first-order chi connectivity index (χ1) is 14.8. The topological polar surface area (TPSA) is 86.0 Å². The molecule has 0 fully saturated rings. The molecule has 0 saturated heterocycles. The Balaban J connectivity index is 1.52. The van der Waals surface area contributed by atoms with Crippen LogP contribution >= 0.6 is 0 Å². The second kappa shape index (κ2) is 6.38. The molecular formula is C23H15FN6. The van der Waals surface area contributed by atoms with Crippen molar-refractivity contribution in [2.24, 2.45) is 0 Å². The van der Waals surface area contributed by atoms with Crippen molar-refractivity contribution in [3.8, 4) is 33.8 Å². The molecule has 0 aliphatic heterocycles. The van der Waals surface area contributed by atoms with Gasteiger partial charge in [0.25, 0.3) is 0 Å². The van der Waals surface area contributed by atoms with Gasteiger partial charge in [0.1, 0.15) is 17.0 Å². The number of nitrogens with zero attached hydrogens (tertiary/aromatic N) is 3. The molecule has 6 aromatic rings. The van der Waals surface area contributed by atoms with Crippen molar-refractivity contribution in [2.45, 2.75) is 0 Å². The third kappa shape index (κ3) is 2.60. The molecule has 7 heteroatoms. The molecule has 0 aliphatic carbocycles. The van der Waals surface area contributed by atoms with Gasteiger partial charge in [0.15, 0.2) is 0 Å². The van der Waals surface area contributed by atoms with Gasteiger partial charge in [-0.25, -0.2) is 9.37 Å². The van der Waals surface area contributed by atoms with Crippen LogP contribution in [0.3, 0.4) is 0 Å². The monoisotopic (exact) mass is 394 g/mol. The third-order valence-corrected chi connectivity index (χ3v) is 5.28. The number of fused-ring (bicyclic) bond motifs is 2. The standard InChI is InChI=1S/C23H15FN6/c24-15-6-4-13(5-7-15)16-2-1-3-19-17(16)10-21(27-19)23-22-20(29-30-23)9-8-18(28-22)14-11-25-26-12-14/h1-12,27H,(H,25,26)(H,29,30). The predicted molar refractivity (Wildman–Crippen MR) is 114 cm³/mol. The molecule has 0 radical (unpaired) electrons. The molecule has 0 unspecified atom stereocenters. The molecule has 0 bridgehead atoms. The van der Waals surface area contributed by atoms with Crippen LogP contribution in [0.15, 0.2) is 73.1 Å². The number of hydrogen-bond donors (Lipinski definition) is 3. The zero-order chi connectivity index (χ0) is 20.1. The van der Waals surface area contributed by atoms with E-state index in [0.717, 1.165) is 55.7 Å². The summed E-state index contributed by atoms with van der Waals surface area (Å²) in [6.45, 7) is 0. The van der Waals surface area contributed by atoms with Gasteiger partial charge in [0.2, 0.25) is 0 Å². The number of rotatable bonds is 3. The van der Waals surface area contributed by atoms with Crippen LogP contribution in [0.5, 0.6) is 0 Å². The minimum atomic E-state index is -0.247.